The van der Waals surface area contributed by atoms with E-state index in [-0.39, 0.29) is 7.43 Å². The summed E-state index contributed by atoms with van der Waals surface area (Å²) in [6.07, 6.45) is 3.32. The van der Waals surface area contributed by atoms with Gasteiger partial charge in [-0.25, -0.2) is 0 Å². The molecule has 2 aromatic carbocycles. The molecule has 0 saturated carbocycles. The molecule has 0 fully saturated rings. The second kappa shape index (κ2) is 7.09. The van der Waals surface area contributed by atoms with Gasteiger partial charge in [0.15, 0.2) is 0 Å². The average molecular weight is 281 g/mol. The van der Waals surface area contributed by atoms with E-state index in [2.05, 4.69) is 47.8 Å². The van der Waals surface area contributed by atoms with Crippen LogP contribution in [0.1, 0.15) is 30.5 Å². The van der Waals surface area contributed by atoms with Gasteiger partial charge in [0, 0.05) is 5.56 Å². The first-order valence-corrected chi connectivity index (χ1v) is 7.05. The molecule has 0 atom stereocenters. The maximum absolute atomic E-state index is 5.96. The minimum Gasteiger partial charge on any atom is -0.488 e. The van der Waals surface area contributed by atoms with E-state index in [0.717, 1.165) is 18.7 Å². The van der Waals surface area contributed by atoms with Gasteiger partial charge in [-0.05, 0) is 42.8 Å². The van der Waals surface area contributed by atoms with Gasteiger partial charge in [-0.2, -0.15) is 0 Å². The smallest absolute Gasteiger partial charge is 0.127 e. The zero-order valence-corrected chi connectivity index (χ0v) is 11.7. The number of rotatable bonds is 3. The van der Waals surface area contributed by atoms with Crippen molar-refractivity contribution < 1.29 is 4.74 Å². The van der Waals surface area contributed by atoms with Crippen LogP contribution in [0.15, 0.2) is 54.6 Å². The Hall–Kier alpha value is -2.06. The Morgan fingerprint density at radius 1 is 1.05 bits per heavy atom. The van der Waals surface area contributed by atoms with E-state index in [1.807, 2.05) is 19.2 Å². The van der Waals surface area contributed by atoms with E-state index in [9.17, 15) is 0 Å². The molecule has 0 saturated heterocycles. The second-order valence-corrected chi connectivity index (χ2v) is 4.95. The van der Waals surface area contributed by atoms with Gasteiger partial charge in [-0.15, -0.1) is 0 Å². The molecule has 1 heterocycles. The lowest BCUT2D eigenvalue weighted by molar-refractivity contribution is 0.307. The Labute approximate surface area is 127 Å². The van der Waals surface area contributed by atoms with Gasteiger partial charge >= 0.3 is 0 Å². The number of para-hydroxylation sites is 1. The van der Waals surface area contributed by atoms with Crippen molar-refractivity contribution in [3.05, 3.63) is 71.3 Å². The van der Waals surface area contributed by atoms with Crippen molar-refractivity contribution in [2.24, 2.45) is 0 Å². The Morgan fingerprint density at radius 2 is 1.76 bits per heavy atom. The molecule has 3 rings (SSSR count). The quantitative estimate of drug-likeness (QED) is 0.849. The van der Waals surface area contributed by atoms with Crippen LogP contribution in [-0.4, -0.2) is 13.6 Å². The highest BCUT2D eigenvalue weighted by molar-refractivity contribution is 5.84. The summed E-state index contributed by atoms with van der Waals surface area (Å²) in [6.45, 7) is 1.62. The van der Waals surface area contributed by atoms with Gasteiger partial charge in [0.05, 0.1) is 0 Å². The second-order valence-electron chi connectivity index (χ2n) is 4.95. The maximum Gasteiger partial charge on any atom is 0.127 e. The van der Waals surface area contributed by atoms with E-state index in [4.69, 9.17) is 4.74 Å². The Balaban J connectivity index is 0.00000161. The van der Waals surface area contributed by atoms with Crippen LogP contribution in [0.5, 0.6) is 5.75 Å². The van der Waals surface area contributed by atoms with Crippen LogP contribution in [0.2, 0.25) is 0 Å². The molecule has 2 aromatic rings. The minimum absolute atomic E-state index is 0. The first-order valence-electron chi connectivity index (χ1n) is 7.05. The SMILES string of the molecule is C.CNCCC=C1c2ccccc2COc2ccccc21. The zero-order valence-electron chi connectivity index (χ0n) is 11.7. The summed E-state index contributed by atoms with van der Waals surface area (Å²) < 4.78 is 5.96. The average Bonchev–Trinajstić information content (AvgIpc) is 2.66. The topological polar surface area (TPSA) is 21.3 Å². The fourth-order valence-corrected chi connectivity index (χ4v) is 2.61. The van der Waals surface area contributed by atoms with Crippen LogP contribution >= 0.6 is 0 Å². The molecule has 110 valence electrons. The summed E-state index contributed by atoms with van der Waals surface area (Å²) in [5, 5.41) is 3.20. The third kappa shape index (κ3) is 3.17. The van der Waals surface area contributed by atoms with E-state index >= 15 is 0 Å². The largest absolute Gasteiger partial charge is 0.488 e. The maximum atomic E-state index is 5.96. The van der Waals surface area contributed by atoms with E-state index in [1.54, 1.807) is 0 Å². The first kappa shape index (κ1) is 15.3. The molecule has 1 aliphatic heterocycles. The molecule has 0 amide bonds. The van der Waals surface area contributed by atoms with Crippen LogP contribution in [0.4, 0.5) is 0 Å². The molecule has 1 aliphatic rings. The highest BCUT2D eigenvalue weighted by Gasteiger charge is 2.17. The van der Waals surface area contributed by atoms with Crippen LogP contribution in [0.25, 0.3) is 5.57 Å². The fourth-order valence-electron chi connectivity index (χ4n) is 2.61. The van der Waals surface area contributed by atoms with Crippen molar-refractivity contribution >= 4 is 5.57 Å². The molecular weight excluding hydrogens is 258 g/mol. The predicted octanol–water partition coefficient (Wildman–Crippen LogP) is 4.26. The van der Waals surface area contributed by atoms with Gasteiger partial charge in [-0.3, -0.25) is 0 Å². The van der Waals surface area contributed by atoms with Crippen molar-refractivity contribution in [1.82, 2.24) is 5.32 Å². The van der Waals surface area contributed by atoms with E-state index in [0.29, 0.717) is 6.61 Å². The van der Waals surface area contributed by atoms with Crippen LogP contribution in [0.3, 0.4) is 0 Å². The van der Waals surface area contributed by atoms with Gasteiger partial charge in [0.1, 0.15) is 12.4 Å². The Kier molecular flexibility index (Phi) is 5.18. The van der Waals surface area contributed by atoms with Crippen molar-refractivity contribution in [2.45, 2.75) is 20.5 Å². The van der Waals surface area contributed by atoms with E-state index in [1.165, 1.54) is 22.3 Å². The monoisotopic (exact) mass is 281 g/mol. The number of benzene rings is 2. The normalized spacial score (nSPS) is 14.4. The standard InChI is InChI=1S/C18H19NO.CH4/c1-19-12-6-10-16-15-8-3-2-7-14(15)13-20-18-11-5-4-9-17(16)18;/h2-5,7-11,19H,6,12-13H2,1H3;1H4. The molecule has 21 heavy (non-hydrogen) atoms. The predicted molar refractivity (Wildman–Crippen MR) is 89.6 cm³/mol. The highest BCUT2D eigenvalue weighted by atomic mass is 16.5. The number of ether oxygens (including phenoxy) is 1. The number of fused-ring (bicyclic) bond motifs is 2. The Bertz CT molecular complexity index is 581. The van der Waals surface area contributed by atoms with Gasteiger partial charge in [-0.1, -0.05) is 56.0 Å². The summed E-state index contributed by atoms with van der Waals surface area (Å²) in [5.74, 6) is 0.972. The summed E-state index contributed by atoms with van der Waals surface area (Å²) in [5.41, 5.74) is 5.01. The molecule has 1 N–H and O–H groups in total. The summed E-state index contributed by atoms with van der Waals surface area (Å²) >= 11 is 0. The third-order valence-electron chi connectivity index (χ3n) is 3.61. The van der Waals surface area contributed by atoms with Crippen molar-refractivity contribution in [2.75, 3.05) is 13.6 Å². The van der Waals surface area contributed by atoms with Gasteiger partial charge in [0.2, 0.25) is 0 Å². The molecule has 0 radical (unpaired) electrons. The summed E-state index contributed by atoms with van der Waals surface area (Å²) in [6, 6.07) is 16.8. The number of hydrogen-bond donors (Lipinski definition) is 1. The van der Waals surface area contributed by atoms with Crippen LogP contribution in [-0.2, 0) is 6.61 Å². The minimum atomic E-state index is 0. The van der Waals surface area contributed by atoms with Gasteiger partial charge < -0.3 is 10.1 Å². The molecule has 0 unspecified atom stereocenters. The number of hydrogen-bond acceptors (Lipinski definition) is 2. The Morgan fingerprint density at radius 3 is 2.57 bits per heavy atom. The zero-order chi connectivity index (χ0) is 13.8. The number of nitrogens with one attached hydrogen (secondary N) is 1. The van der Waals surface area contributed by atoms with E-state index < -0.39 is 0 Å². The van der Waals surface area contributed by atoms with Crippen molar-refractivity contribution in [3.8, 4) is 5.75 Å². The van der Waals surface area contributed by atoms with Crippen LogP contribution in [0, 0.1) is 0 Å². The molecule has 0 bridgehead atoms. The molecule has 0 spiro atoms. The van der Waals surface area contributed by atoms with Gasteiger partial charge in [0.25, 0.3) is 0 Å². The molecule has 2 nitrogen and oxygen atoms in total. The molecule has 0 aliphatic carbocycles. The van der Waals surface area contributed by atoms with Crippen LogP contribution < -0.4 is 10.1 Å². The lowest BCUT2D eigenvalue weighted by atomic mass is 9.93. The summed E-state index contributed by atoms with van der Waals surface area (Å²) in [7, 11) is 1.98. The van der Waals surface area contributed by atoms with Crippen molar-refractivity contribution in [1.29, 1.82) is 0 Å². The molecule has 2 heteroatoms. The molecular formula is C19H23NO. The summed E-state index contributed by atoms with van der Waals surface area (Å²) in [4.78, 5) is 0. The third-order valence-corrected chi connectivity index (χ3v) is 3.61. The lowest BCUT2D eigenvalue weighted by Gasteiger charge is -2.10. The molecule has 0 aromatic heterocycles. The lowest BCUT2D eigenvalue weighted by Crippen LogP contribution is -2.06. The fraction of sp³-hybridized carbons (Fsp3) is 0.263. The van der Waals surface area contributed by atoms with Crippen molar-refractivity contribution in [3.63, 3.8) is 0 Å². The first-order chi connectivity index (χ1) is 9.90. The highest BCUT2D eigenvalue weighted by Crippen LogP contribution is 2.36.